The summed E-state index contributed by atoms with van der Waals surface area (Å²) in [5, 5.41) is 0. The van der Waals surface area contributed by atoms with E-state index in [4.69, 9.17) is 4.74 Å². The lowest BCUT2D eigenvalue weighted by atomic mass is 10.2. The zero-order chi connectivity index (χ0) is 17.6. The summed E-state index contributed by atoms with van der Waals surface area (Å²) in [6, 6.07) is 16.9. The van der Waals surface area contributed by atoms with E-state index in [1.54, 1.807) is 13.0 Å². The minimum Gasteiger partial charge on any atom is -0.466 e. The molecule has 2 aromatic carbocycles. The Hall–Kier alpha value is -3.21. The van der Waals surface area contributed by atoms with Crippen molar-refractivity contribution >= 4 is 29.0 Å². The third kappa shape index (κ3) is 3.83. The standard InChI is InChI=1S/C20H18N2O3/c1-2-25-20(24)14-18-21-16-10-6-7-11-17(16)22(18)19(23)13-12-15-8-4-3-5-9-15/h3-13H,2,14H2,1H3. The summed E-state index contributed by atoms with van der Waals surface area (Å²) in [4.78, 5) is 29.0. The number of aromatic nitrogens is 2. The van der Waals surface area contributed by atoms with E-state index in [0.29, 0.717) is 23.5 Å². The molecule has 5 nitrogen and oxygen atoms in total. The van der Waals surface area contributed by atoms with E-state index in [-0.39, 0.29) is 12.3 Å². The average molecular weight is 334 g/mol. The molecule has 3 rings (SSSR count). The lowest BCUT2D eigenvalue weighted by Crippen LogP contribution is -2.16. The van der Waals surface area contributed by atoms with Crippen LogP contribution in [0.5, 0.6) is 0 Å². The van der Waals surface area contributed by atoms with Crippen LogP contribution in [-0.4, -0.2) is 28.0 Å². The van der Waals surface area contributed by atoms with Crippen LogP contribution in [0.4, 0.5) is 0 Å². The fourth-order valence-electron chi connectivity index (χ4n) is 2.59. The third-order valence-electron chi connectivity index (χ3n) is 3.68. The molecule has 0 unspecified atom stereocenters. The Bertz CT molecular complexity index is 927. The molecule has 25 heavy (non-hydrogen) atoms. The van der Waals surface area contributed by atoms with Crippen molar-refractivity contribution < 1.29 is 14.3 Å². The Morgan fingerprint density at radius 1 is 1.08 bits per heavy atom. The molecule has 0 saturated heterocycles. The van der Waals surface area contributed by atoms with Crippen molar-refractivity contribution in [3.05, 3.63) is 72.1 Å². The number of para-hydroxylation sites is 2. The van der Waals surface area contributed by atoms with E-state index in [9.17, 15) is 9.59 Å². The van der Waals surface area contributed by atoms with Crippen LogP contribution in [0.1, 0.15) is 23.1 Å². The molecule has 0 atom stereocenters. The average Bonchev–Trinajstić information content (AvgIpc) is 2.98. The summed E-state index contributed by atoms with van der Waals surface area (Å²) < 4.78 is 6.45. The number of carbonyl (C=O) groups is 2. The van der Waals surface area contributed by atoms with Crippen molar-refractivity contribution in [1.82, 2.24) is 9.55 Å². The molecule has 126 valence electrons. The second-order valence-electron chi connectivity index (χ2n) is 5.42. The zero-order valence-corrected chi connectivity index (χ0v) is 13.9. The molecular weight excluding hydrogens is 316 g/mol. The van der Waals surface area contributed by atoms with Gasteiger partial charge in [-0.15, -0.1) is 0 Å². The molecule has 0 aliphatic carbocycles. The Morgan fingerprint density at radius 3 is 2.56 bits per heavy atom. The first kappa shape index (κ1) is 16.6. The van der Waals surface area contributed by atoms with Gasteiger partial charge in [0.25, 0.3) is 5.91 Å². The van der Waals surface area contributed by atoms with E-state index < -0.39 is 5.97 Å². The topological polar surface area (TPSA) is 61.2 Å². The Balaban J connectivity index is 1.96. The van der Waals surface area contributed by atoms with Crippen LogP contribution in [-0.2, 0) is 16.0 Å². The molecule has 0 saturated carbocycles. The molecule has 0 radical (unpaired) electrons. The first-order valence-corrected chi connectivity index (χ1v) is 8.08. The third-order valence-corrected chi connectivity index (χ3v) is 3.68. The number of rotatable bonds is 5. The second-order valence-corrected chi connectivity index (χ2v) is 5.42. The highest BCUT2D eigenvalue weighted by atomic mass is 16.5. The molecule has 0 aliphatic rings. The predicted octanol–water partition coefficient (Wildman–Crippen LogP) is 3.50. The molecule has 0 spiro atoms. The summed E-state index contributed by atoms with van der Waals surface area (Å²) in [5.74, 6) is -0.280. The van der Waals surface area contributed by atoms with Crippen LogP contribution in [0, 0.1) is 0 Å². The fraction of sp³-hybridized carbons (Fsp3) is 0.150. The number of nitrogens with zero attached hydrogens (tertiary/aromatic N) is 2. The van der Waals surface area contributed by atoms with Crippen LogP contribution in [0.2, 0.25) is 0 Å². The lowest BCUT2D eigenvalue weighted by molar-refractivity contribution is -0.142. The Morgan fingerprint density at radius 2 is 1.80 bits per heavy atom. The minimum absolute atomic E-state index is 0.0482. The summed E-state index contributed by atoms with van der Waals surface area (Å²) in [6.45, 7) is 2.04. The van der Waals surface area contributed by atoms with Gasteiger partial charge in [0.1, 0.15) is 12.2 Å². The SMILES string of the molecule is CCOC(=O)Cc1nc2ccccc2n1C(=O)C=Cc1ccccc1. The number of hydrogen-bond acceptors (Lipinski definition) is 4. The van der Waals surface area contributed by atoms with Gasteiger partial charge in [-0.1, -0.05) is 42.5 Å². The quantitative estimate of drug-likeness (QED) is 0.529. The van der Waals surface area contributed by atoms with Crippen LogP contribution in [0.25, 0.3) is 17.1 Å². The van der Waals surface area contributed by atoms with Crippen LogP contribution in [0.15, 0.2) is 60.7 Å². The van der Waals surface area contributed by atoms with Crippen LogP contribution >= 0.6 is 0 Å². The van der Waals surface area contributed by atoms with E-state index in [2.05, 4.69) is 4.98 Å². The second kappa shape index (κ2) is 7.57. The first-order chi connectivity index (χ1) is 12.2. The summed E-state index contributed by atoms with van der Waals surface area (Å²) in [5.41, 5.74) is 2.26. The molecular formula is C20H18N2O3. The van der Waals surface area contributed by atoms with Gasteiger partial charge in [0.2, 0.25) is 0 Å². The number of imidazole rings is 1. The summed E-state index contributed by atoms with van der Waals surface area (Å²) >= 11 is 0. The van der Waals surface area contributed by atoms with Crippen molar-refractivity contribution in [2.75, 3.05) is 6.61 Å². The number of fused-ring (bicyclic) bond motifs is 1. The number of ether oxygens (including phenoxy) is 1. The minimum atomic E-state index is -0.404. The fourth-order valence-corrected chi connectivity index (χ4v) is 2.59. The van der Waals surface area contributed by atoms with Crippen LogP contribution in [0.3, 0.4) is 0 Å². The maximum absolute atomic E-state index is 12.7. The maximum atomic E-state index is 12.7. The Labute approximate surface area is 145 Å². The number of carbonyl (C=O) groups excluding carboxylic acids is 2. The van der Waals surface area contributed by atoms with Gasteiger partial charge < -0.3 is 4.74 Å². The van der Waals surface area contributed by atoms with Gasteiger partial charge in [-0.25, -0.2) is 4.98 Å². The van der Waals surface area contributed by atoms with E-state index >= 15 is 0 Å². The van der Waals surface area contributed by atoms with Gasteiger partial charge in [-0.3, -0.25) is 14.2 Å². The van der Waals surface area contributed by atoms with Crippen molar-refractivity contribution in [1.29, 1.82) is 0 Å². The zero-order valence-electron chi connectivity index (χ0n) is 13.9. The number of esters is 1. The van der Waals surface area contributed by atoms with Gasteiger partial charge in [0.15, 0.2) is 0 Å². The van der Waals surface area contributed by atoms with Crippen molar-refractivity contribution in [2.45, 2.75) is 13.3 Å². The maximum Gasteiger partial charge on any atom is 0.313 e. The molecule has 0 amide bonds. The largest absolute Gasteiger partial charge is 0.466 e. The first-order valence-electron chi connectivity index (χ1n) is 8.08. The highest BCUT2D eigenvalue weighted by molar-refractivity contribution is 6.00. The van der Waals surface area contributed by atoms with Gasteiger partial charge in [-0.05, 0) is 30.7 Å². The molecule has 1 heterocycles. The van der Waals surface area contributed by atoms with Gasteiger partial charge in [0, 0.05) is 6.08 Å². The molecule has 0 bridgehead atoms. The van der Waals surface area contributed by atoms with Crippen LogP contribution < -0.4 is 0 Å². The molecule has 0 aliphatic heterocycles. The summed E-state index contributed by atoms with van der Waals surface area (Å²) in [6.07, 6.45) is 3.18. The monoisotopic (exact) mass is 334 g/mol. The molecule has 0 fully saturated rings. The highest BCUT2D eigenvalue weighted by Crippen LogP contribution is 2.17. The van der Waals surface area contributed by atoms with Crippen molar-refractivity contribution in [3.8, 4) is 0 Å². The molecule has 1 aromatic heterocycles. The smallest absolute Gasteiger partial charge is 0.313 e. The van der Waals surface area contributed by atoms with Crippen molar-refractivity contribution in [3.63, 3.8) is 0 Å². The molecule has 0 N–H and O–H groups in total. The normalized spacial score (nSPS) is 11.1. The van der Waals surface area contributed by atoms with Crippen molar-refractivity contribution in [2.24, 2.45) is 0 Å². The number of allylic oxidation sites excluding steroid dienone is 1. The van der Waals surface area contributed by atoms with Gasteiger partial charge in [-0.2, -0.15) is 0 Å². The van der Waals surface area contributed by atoms with Gasteiger partial charge >= 0.3 is 5.97 Å². The lowest BCUT2D eigenvalue weighted by Gasteiger charge is -2.05. The van der Waals surface area contributed by atoms with Gasteiger partial charge in [0.05, 0.1) is 17.6 Å². The Kier molecular flexibility index (Phi) is 5.04. The highest BCUT2D eigenvalue weighted by Gasteiger charge is 2.18. The van der Waals surface area contributed by atoms with E-state index in [0.717, 1.165) is 5.56 Å². The number of benzene rings is 2. The molecule has 3 aromatic rings. The van der Waals surface area contributed by atoms with E-state index in [1.165, 1.54) is 10.6 Å². The van der Waals surface area contributed by atoms with E-state index in [1.807, 2.05) is 54.6 Å². The molecule has 5 heteroatoms. The predicted molar refractivity (Wildman–Crippen MR) is 96.2 cm³/mol. The summed E-state index contributed by atoms with van der Waals surface area (Å²) in [7, 11) is 0. The number of hydrogen-bond donors (Lipinski definition) is 0.